The summed E-state index contributed by atoms with van der Waals surface area (Å²) in [5, 5.41) is 8.18. The molecule has 0 saturated heterocycles. The molecule has 0 unspecified atom stereocenters. The number of unbranched alkanes of at least 4 members (excludes halogenated alkanes) is 2. The van der Waals surface area contributed by atoms with Crippen molar-refractivity contribution in [2.75, 3.05) is 6.61 Å². The van der Waals surface area contributed by atoms with Crippen LogP contribution in [-0.4, -0.2) is 17.8 Å². The summed E-state index contributed by atoms with van der Waals surface area (Å²) < 4.78 is 5.46. The zero-order valence-corrected chi connectivity index (χ0v) is 9.31. The first-order valence-electron chi connectivity index (χ1n) is 5.36. The molecule has 1 aromatic carbocycles. The molecular weight excluding hydrogens is 208 g/mol. The summed E-state index contributed by atoms with van der Waals surface area (Å²) in [7, 11) is 0. The van der Waals surface area contributed by atoms with E-state index in [0.717, 1.165) is 19.3 Å². The minimum Gasteiger partial charge on any atom is -0.494 e. The lowest BCUT2D eigenvalue weighted by Crippen LogP contribution is -2.02. The molecule has 0 aliphatic carbocycles. The van der Waals surface area contributed by atoms with Crippen LogP contribution in [-0.2, 0) is 4.89 Å². The number of rotatable bonds is 6. The summed E-state index contributed by atoms with van der Waals surface area (Å²) in [5.74, 6) is -0.0527. The molecule has 0 atom stereocenters. The van der Waals surface area contributed by atoms with E-state index >= 15 is 0 Å². The van der Waals surface area contributed by atoms with Crippen LogP contribution < -0.4 is 4.74 Å². The summed E-state index contributed by atoms with van der Waals surface area (Å²) in [4.78, 5) is 14.5. The van der Waals surface area contributed by atoms with Gasteiger partial charge in [-0.05, 0) is 30.7 Å². The minimum atomic E-state index is -0.766. The molecule has 0 amide bonds. The molecule has 1 N–H and O–H groups in total. The Morgan fingerprint density at radius 1 is 1.25 bits per heavy atom. The summed E-state index contributed by atoms with van der Waals surface area (Å²) >= 11 is 0. The van der Waals surface area contributed by atoms with Gasteiger partial charge in [0.2, 0.25) is 0 Å². The van der Waals surface area contributed by atoms with E-state index in [0.29, 0.717) is 17.9 Å². The van der Waals surface area contributed by atoms with Crippen LogP contribution in [0.3, 0.4) is 0 Å². The smallest absolute Gasteiger partial charge is 0.372 e. The van der Waals surface area contributed by atoms with E-state index in [9.17, 15) is 4.79 Å². The largest absolute Gasteiger partial charge is 0.494 e. The Bertz CT molecular complexity index is 318. The molecule has 0 radical (unpaired) electrons. The van der Waals surface area contributed by atoms with Crippen LogP contribution in [0.1, 0.15) is 36.5 Å². The van der Waals surface area contributed by atoms with Crippen LogP contribution in [0.15, 0.2) is 24.3 Å². The van der Waals surface area contributed by atoms with Gasteiger partial charge in [-0.1, -0.05) is 19.8 Å². The van der Waals surface area contributed by atoms with E-state index in [1.165, 1.54) is 0 Å². The Morgan fingerprint density at radius 3 is 2.50 bits per heavy atom. The molecule has 4 heteroatoms. The van der Waals surface area contributed by atoms with E-state index in [1.54, 1.807) is 24.3 Å². The predicted molar refractivity (Wildman–Crippen MR) is 59.5 cm³/mol. The van der Waals surface area contributed by atoms with E-state index in [2.05, 4.69) is 11.8 Å². The van der Waals surface area contributed by atoms with Crippen molar-refractivity contribution in [1.82, 2.24) is 0 Å². The van der Waals surface area contributed by atoms with Crippen LogP contribution in [0.4, 0.5) is 0 Å². The van der Waals surface area contributed by atoms with Crippen molar-refractivity contribution in [2.24, 2.45) is 0 Å². The molecule has 0 spiro atoms. The molecule has 0 aromatic heterocycles. The highest BCUT2D eigenvalue weighted by Gasteiger charge is 2.05. The van der Waals surface area contributed by atoms with Crippen LogP contribution in [0.2, 0.25) is 0 Å². The summed E-state index contributed by atoms with van der Waals surface area (Å²) in [5.41, 5.74) is 0.295. The van der Waals surface area contributed by atoms with Crippen LogP contribution in [0, 0.1) is 0 Å². The van der Waals surface area contributed by atoms with E-state index in [4.69, 9.17) is 9.99 Å². The number of ether oxygens (including phenoxy) is 1. The maximum Gasteiger partial charge on any atom is 0.372 e. The predicted octanol–water partition coefficient (Wildman–Crippen LogP) is 2.89. The first-order chi connectivity index (χ1) is 7.77. The summed E-state index contributed by atoms with van der Waals surface area (Å²) in [6.07, 6.45) is 3.33. The molecule has 16 heavy (non-hydrogen) atoms. The van der Waals surface area contributed by atoms with Gasteiger partial charge in [-0.3, -0.25) is 4.89 Å². The quantitative estimate of drug-likeness (QED) is 0.458. The maximum absolute atomic E-state index is 10.9. The third-order valence-electron chi connectivity index (χ3n) is 2.19. The van der Waals surface area contributed by atoms with Crippen molar-refractivity contribution in [3.8, 4) is 5.75 Å². The average molecular weight is 224 g/mol. The first-order valence-corrected chi connectivity index (χ1v) is 5.36. The van der Waals surface area contributed by atoms with Gasteiger partial charge in [0, 0.05) is 0 Å². The van der Waals surface area contributed by atoms with Crippen molar-refractivity contribution in [2.45, 2.75) is 26.2 Å². The zero-order chi connectivity index (χ0) is 11.8. The molecule has 0 aliphatic heterocycles. The fourth-order valence-electron chi connectivity index (χ4n) is 1.28. The Balaban J connectivity index is 2.42. The number of carbonyl (C=O) groups excluding carboxylic acids is 1. The Morgan fingerprint density at radius 2 is 1.94 bits per heavy atom. The van der Waals surface area contributed by atoms with Gasteiger partial charge in [0.05, 0.1) is 12.2 Å². The summed E-state index contributed by atoms with van der Waals surface area (Å²) in [6.45, 7) is 2.81. The third kappa shape index (κ3) is 3.90. The van der Waals surface area contributed by atoms with Gasteiger partial charge in [-0.15, -0.1) is 0 Å². The van der Waals surface area contributed by atoms with Crippen LogP contribution in [0.25, 0.3) is 0 Å². The van der Waals surface area contributed by atoms with Gasteiger partial charge >= 0.3 is 5.97 Å². The maximum atomic E-state index is 10.9. The monoisotopic (exact) mass is 224 g/mol. The fourth-order valence-corrected chi connectivity index (χ4v) is 1.28. The molecule has 0 fully saturated rings. The average Bonchev–Trinajstić information content (AvgIpc) is 2.34. The van der Waals surface area contributed by atoms with Crippen molar-refractivity contribution in [3.05, 3.63) is 29.8 Å². The Labute approximate surface area is 94.7 Å². The second kappa shape index (κ2) is 6.85. The van der Waals surface area contributed by atoms with E-state index in [1.807, 2.05) is 0 Å². The number of benzene rings is 1. The first kappa shape index (κ1) is 12.5. The number of carbonyl (C=O) groups is 1. The molecule has 0 bridgehead atoms. The highest BCUT2D eigenvalue weighted by molar-refractivity contribution is 5.88. The zero-order valence-electron chi connectivity index (χ0n) is 9.31. The lowest BCUT2D eigenvalue weighted by atomic mass is 10.2. The van der Waals surface area contributed by atoms with Crippen molar-refractivity contribution in [3.63, 3.8) is 0 Å². The number of hydrogen-bond acceptors (Lipinski definition) is 4. The van der Waals surface area contributed by atoms with Crippen molar-refractivity contribution < 1.29 is 19.7 Å². The standard InChI is InChI=1S/C12H16O4/c1-2-3-4-9-15-11-7-5-10(6-8-11)12(13)16-14/h5-8,14H,2-4,9H2,1H3. The molecule has 0 saturated carbocycles. The van der Waals surface area contributed by atoms with Crippen LogP contribution in [0.5, 0.6) is 5.75 Å². The van der Waals surface area contributed by atoms with Gasteiger partial charge in [0.1, 0.15) is 5.75 Å². The lowest BCUT2D eigenvalue weighted by molar-refractivity contribution is -0.182. The topological polar surface area (TPSA) is 55.8 Å². The Hall–Kier alpha value is -1.55. The second-order valence-corrected chi connectivity index (χ2v) is 3.46. The molecular formula is C12H16O4. The highest BCUT2D eigenvalue weighted by atomic mass is 17.1. The summed E-state index contributed by atoms with van der Waals surface area (Å²) in [6, 6.07) is 6.46. The van der Waals surface area contributed by atoms with Gasteiger partial charge in [-0.25, -0.2) is 4.79 Å². The van der Waals surface area contributed by atoms with Gasteiger partial charge in [-0.2, -0.15) is 5.26 Å². The molecule has 0 aliphatic rings. The molecule has 1 aromatic rings. The normalized spacial score (nSPS) is 9.88. The molecule has 0 heterocycles. The van der Waals surface area contributed by atoms with Gasteiger partial charge in [0.25, 0.3) is 0 Å². The van der Waals surface area contributed by atoms with Gasteiger partial charge in [0.15, 0.2) is 0 Å². The highest BCUT2D eigenvalue weighted by Crippen LogP contribution is 2.13. The lowest BCUT2D eigenvalue weighted by Gasteiger charge is -2.05. The fraction of sp³-hybridized carbons (Fsp3) is 0.417. The molecule has 88 valence electrons. The SMILES string of the molecule is CCCCCOc1ccc(C(=O)OO)cc1. The number of hydrogen-bond donors (Lipinski definition) is 1. The van der Waals surface area contributed by atoms with Crippen molar-refractivity contribution in [1.29, 1.82) is 0 Å². The molecule has 4 nitrogen and oxygen atoms in total. The Kier molecular flexibility index (Phi) is 5.36. The molecule has 1 rings (SSSR count). The van der Waals surface area contributed by atoms with E-state index in [-0.39, 0.29) is 0 Å². The van der Waals surface area contributed by atoms with Crippen molar-refractivity contribution >= 4 is 5.97 Å². The van der Waals surface area contributed by atoms with Crippen LogP contribution >= 0.6 is 0 Å². The van der Waals surface area contributed by atoms with Gasteiger partial charge < -0.3 is 4.74 Å². The third-order valence-corrected chi connectivity index (χ3v) is 2.19. The van der Waals surface area contributed by atoms with E-state index < -0.39 is 5.97 Å². The minimum absolute atomic E-state index is 0.295. The second-order valence-electron chi connectivity index (χ2n) is 3.46.